The number of halogens is 1. The van der Waals surface area contributed by atoms with Gasteiger partial charge in [0.25, 0.3) is 0 Å². The molecule has 0 amide bonds. The van der Waals surface area contributed by atoms with Crippen molar-refractivity contribution in [2.24, 2.45) is 0 Å². The maximum absolute atomic E-state index is 14.4. The van der Waals surface area contributed by atoms with Gasteiger partial charge in [0, 0.05) is 35.5 Å². The lowest BCUT2D eigenvalue weighted by Gasteiger charge is -2.07. The van der Waals surface area contributed by atoms with Crippen molar-refractivity contribution in [3.63, 3.8) is 0 Å². The molecule has 36 heavy (non-hydrogen) atoms. The Morgan fingerprint density at radius 2 is 1.89 bits per heavy atom. The number of hydrogen-bond acceptors (Lipinski definition) is 6. The van der Waals surface area contributed by atoms with Crippen LogP contribution < -0.4 is 4.72 Å². The van der Waals surface area contributed by atoms with Crippen molar-refractivity contribution in [3.8, 4) is 33.9 Å². The van der Waals surface area contributed by atoms with Gasteiger partial charge in [0.1, 0.15) is 17.0 Å². The van der Waals surface area contributed by atoms with E-state index in [1.54, 1.807) is 24.5 Å². The minimum atomic E-state index is -3.43. The van der Waals surface area contributed by atoms with Crippen LogP contribution >= 0.6 is 0 Å². The summed E-state index contributed by atoms with van der Waals surface area (Å²) in [7, 11) is -3.43. The molecule has 0 atom stereocenters. The molecule has 0 fully saturated rings. The highest BCUT2D eigenvalue weighted by atomic mass is 32.2. The van der Waals surface area contributed by atoms with E-state index in [2.05, 4.69) is 35.1 Å². The molecule has 0 aliphatic rings. The highest BCUT2D eigenvalue weighted by molar-refractivity contribution is 7.88. The molecular formula is C24H19FN8O2S. The van der Waals surface area contributed by atoms with Gasteiger partial charge in [-0.3, -0.25) is 15.2 Å². The van der Waals surface area contributed by atoms with Crippen molar-refractivity contribution >= 4 is 32.0 Å². The monoisotopic (exact) mass is 502 g/mol. The molecule has 6 rings (SSSR count). The van der Waals surface area contributed by atoms with E-state index in [0.717, 1.165) is 28.3 Å². The summed E-state index contributed by atoms with van der Waals surface area (Å²) >= 11 is 0. The largest absolute Gasteiger partial charge is 0.336 e. The van der Waals surface area contributed by atoms with Crippen LogP contribution in [0.25, 0.3) is 55.8 Å². The molecule has 0 aliphatic carbocycles. The van der Waals surface area contributed by atoms with Gasteiger partial charge in [-0.05, 0) is 47.5 Å². The van der Waals surface area contributed by atoms with Crippen molar-refractivity contribution in [3.05, 3.63) is 72.4 Å². The second kappa shape index (κ2) is 8.36. The number of rotatable bonds is 6. The van der Waals surface area contributed by atoms with Crippen LogP contribution in [0, 0.1) is 5.82 Å². The van der Waals surface area contributed by atoms with Crippen LogP contribution in [0.1, 0.15) is 5.56 Å². The Labute approximate surface area is 204 Å². The molecule has 4 N–H and O–H groups in total. The van der Waals surface area contributed by atoms with Crippen LogP contribution in [0.4, 0.5) is 4.39 Å². The highest BCUT2D eigenvalue weighted by Crippen LogP contribution is 2.32. The van der Waals surface area contributed by atoms with Crippen LogP contribution in [0.5, 0.6) is 0 Å². The predicted octanol–water partition coefficient (Wildman–Crippen LogP) is 3.75. The molecule has 10 nitrogen and oxygen atoms in total. The summed E-state index contributed by atoms with van der Waals surface area (Å²) in [6.07, 6.45) is 6.23. The first kappa shape index (κ1) is 22.1. The maximum Gasteiger partial charge on any atom is 0.209 e. The number of sulfonamides is 1. The van der Waals surface area contributed by atoms with Crippen LogP contribution in [-0.4, -0.2) is 50.0 Å². The van der Waals surface area contributed by atoms with E-state index < -0.39 is 15.8 Å². The summed E-state index contributed by atoms with van der Waals surface area (Å²) < 4.78 is 39.8. The first-order chi connectivity index (χ1) is 17.3. The molecule has 2 aromatic carbocycles. The summed E-state index contributed by atoms with van der Waals surface area (Å²) in [4.78, 5) is 12.5. The molecule has 0 aliphatic heterocycles. The van der Waals surface area contributed by atoms with Gasteiger partial charge in [-0.15, -0.1) is 0 Å². The fourth-order valence-corrected chi connectivity index (χ4v) is 4.57. The molecule has 0 saturated heterocycles. The Bertz CT molecular complexity index is 1840. The zero-order chi connectivity index (χ0) is 24.9. The van der Waals surface area contributed by atoms with E-state index in [4.69, 9.17) is 4.98 Å². The maximum atomic E-state index is 14.4. The summed E-state index contributed by atoms with van der Waals surface area (Å²) in [5.74, 6) is 0.0302. The Morgan fingerprint density at radius 1 is 1.00 bits per heavy atom. The Hall–Kier alpha value is -4.42. The van der Waals surface area contributed by atoms with Crippen LogP contribution in [0.15, 0.2) is 61.1 Å². The van der Waals surface area contributed by atoms with E-state index >= 15 is 0 Å². The fraction of sp³-hybridized carbons (Fsp3) is 0.0833. The van der Waals surface area contributed by atoms with Crippen molar-refractivity contribution in [2.45, 2.75) is 6.54 Å². The SMILES string of the molecule is CS(=O)(=O)NCc1cc(F)cc(-c2nccc3[nH]c(-c4n[nH]c5ccc(-c6cn[nH]c6)cc45)nc23)c1. The Balaban J connectivity index is 1.44. The van der Waals surface area contributed by atoms with Gasteiger partial charge >= 0.3 is 0 Å². The fourth-order valence-electron chi connectivity index (χ4n) is 4.15. The first-order valence-corrected chi connectivity index (χ1v) is 12.8. The lowest BCUT2D eigenvalue weighted by molar-refractivity contribution is 0.586. The van der Waals surface area contributed by atoms with Gasteiger partial charge in [-0.1, -0.05) is 6.07 Å². The van der Waals surface area contributed by atoms with Crippen LogP contribution in [0.2, 0.25) is 0 Å². The minimum absolute atomic E-state index is 0.0381. The Kier molecular flexibility index (Phi) is 5.12. The number of aromatic amines is 3. The number of pyridine rings is 1. The molecule has 12 heteroatoms. The third-order valence-electron chi connectivity index (χ3n) is 5.79. The van der Waals surface area contributed by atoms with Crippen molar-refractivity contribution < 1.29 is 12.8 Å². The summed E-state index contributed by atoms with van der Waals surface area (Å²) in [6, 6.07) is 12.1. The van der Waals surface area contributed by atoms with Crippen LogP contribution in [0.3, 0.4) is 0 Å². The molecule has 4 heterocycles. The number of fused-ring (bicyclic) bond motifs is 2. The first-order valence-electron chi connectivity index (χ1n) is 10.9. The Morgan fingerprint density at radius 3 is 2.69 bits per heavy atom. The number of benzene rings is 2. The van der Waals surface area contributed by atoms with Crippen molar-refractivity contribution in [1.82, 2.24) is 40.1 Å². The summed E-state index contributed by atoms with van der Waals surface area (Å²) in [5.41, 5.74) is 6.08. The van der Waals surface area contributed by atoms with Gasteiger partial charge < -0.3 is 4.98 Å². The smallest absolute Gasteiger partial charge is 0.209 e. The topological polar surface area (TPSA) is 145 Å². The molecule has 6 aromatic rings. The van der Waals surface area contributed by atoms with E-state index in [1.165, 1.54) is 12.1 Å². The van der Waals surface area contributed by atoms with E-state index in [9.17, 15) is 12.8 Å². The molecular weight excluding hydrogens is 483 g/mol. The second-order valence-electron chi connectivity index (χ2n) is 8.40. The van der Waals surface area contributed by atoms with E-state index in [-0.39, 0.29) is 6.54 Å². The molecule has 0 bridgehead atoms. The number of nitrogens with zero attached hydrogens (tertiary/aromatic N) is 4. The van der Waals surface area contributed by atoms with Crippen molar-refractivity contribution in [1.29, 1.82) is 0 Å². The molecule has 180 valence electrons. The van der Waals surface area contributed by atoms with E-state index in [1.807, 2.05) is 24.4 Å². The lowest BCUT2D eigenvalue weighted by atomic mass is 10.1. The number of nitrogens with one attached hydrogen (secondary N) is 4. The average Bonchev–Trinajstić information content (AvgIpc) is 3.60. The van der Waals surface area contributed by atoms with Gasteiger partial charge in [0.15, 0.2) is 5.82 Å². The number of aromatic nitrogens is 7. The third kappa shape index (κ3) is 4.12. The molecule has 0 saturated carbocycles. The minimum Gasteiger partial charge on any atom is -0.336 e. The summed E-state index contributed by atoms with van der Waals surface area (Å²) in [5, 5.41) is 15.2. The molecule has 0 radical (unpaired) electrons. The molecule has 4 aromatic heterocycles. The van der Waals surface area contributed by atoms with Crippen LogP contribution in [-0.2, 0) is 16.6 Å². The zero-order valence-electron chi connectivity index (χ0n) is 18.9. The standard InChI is InChI=1S/C24H19FN8O2S/c1-36(34,35)29-10-13-6-15(8-17(25)7-13)21-23-20(4-5-26-21)30-24(31-23)22-18-9-14(16-11-27-28-12-16)2-3-19(18)32-33-22/h2-9,11-12,29H,10H2,1H3,(H,27,28)(H,30,31)(H,32,33). The second-order valence-corrected chi connectivity index (χ2v) is 10.2. The normalized spacial score (nSPS) is 12.1. The predicted molar refractivity (Wildman–Crippen MR) is 134 cm³/mol. The number of imidazole rings is 1. The number of hydrogen-bond donors (Lipinski definition) is 4. The van der Waals surface area contributed by atoms with Gasteiger partial charge in [0.05, 0.1) is 29.2 Å². The average molecular weight is 503 g/mol. The number of H-pyrrole nitrogens is 3. The van der Waals surface area contributed by atoms with Crippen molar-refractivity contribution in [2.75, 3.05) is 6.26 Å². The molecule has 0 unspecified atom stereocenters. The van der Waals surface area contributed by atoms with Gasteiger partial charge in [0.2, 0.25) is 10.0 Å². The van der Waals surface area contributed by atoms with Gasteiger partial charge in [-0.25, -0.2) is 22.5 Å². The summed E-state index contributed by atoms with van der Waals surface area (Å²) in [6.45, 7) is -0.0381. The molecule has 0 spiro atoms. The zero-order valence-corrected chi connectivity index (χ0v) is 19.7. The quantitative estimate of drug-likeness (QED) is 0.273. The van der Waals surface area contributed by atoms with E-state index in [0.29, 0.717) is 39.4 Å². The highest BCUT2D eigenvalue weighted by Gasteiger charge is 2.17. The van der Waals surface area contributed by atoms with Gasteiger partial charge in [-0.2, -0.15) is 10.2 Å². The lowest BCUT2D eigenvalue weighted by Crippen LogP contribution is -2.21. The third-order valence-corrected chi connectivity index (χ3v) is 6.46.